The van der Waals surface area contributed by atoms with Gasteiger partial charge in [-0.25, -0.2) is 13.4 Å². The number of imidazole rings is 1. The molecule has 36 heavy (non-hydrogen) atoms. The fourth-order valence-corrected chi connectivity index (χ4v) is 5.29. The van der Waals surface area contributed by atoms with Crippen LogP contribution >= 0.6 is 0 Å². The Morgan fingerprint density at radius 2 is 1.61 bits per heavy atom. The van der Waals surface area contributed by atoms with E-state index in [1.807, 2.05) is 89.5 Å². The average Bonchev–Trinajstić information content (AvgIpc) is 3.65. The van der Waals surface area contributed by atoms with Gasteiger partial charge in [-0.3, -0.25) is 14.0 Å². The highest BCUT2D eigenvalue weighted by Crippen LogP contribution is 2.28. The van der Waals surface area contributed by atoms with E-state index >= 15 is 0 Å². The molecule has 0 aliphatic heterocycles. The monoisotopic (exact) mass is 494 g/mol. The smallest absolute Gasteiger partial charge is 0.261 e. The van der Waals surface area contributed by atoms with Gasteiger partial charge in [0.1, 0.15) is 6.33 Å². The van der Waals surface area contributed by atoms with E-state index in [2.05, 4.69) is 14.8 Å². The van der Waals surface area contributed by atoms with Crippen LogP contribution in [0.4, 0.5) is 5.69 Å². The van der Waals surface area contributed by atoms with Crippen molar-refractivity contribution in [3.05, 3.63) is 110 Å². The summed E-state index contributed by atoms with van der Waals surface area (Å²) in [5, 5.41) is 4.25. The third kappa shape index (κ3) is 4.05. The van der Waals surface area contributed by atoms with Crippen molar-refractivity contribution < 1.29 is 8.42 Å². The van der Waals surface area contributed by atoms with Crippen molar-refractivity contribution in [3.63, 3.8) is 0 Å². The minimum Gasteiger partial charge on any atom is -0.324 e. The molecule has 178 valence electrons. The first-order chi connectivity index (χ1) is 17.5. The van der Waals surface area contributed by atoms with Crippen molar-refractivity contribution >= 4 is 26.7 Å². The van der Waals surface area contributed by atoms with Crippen LogP contribution < -0.4 is 4.72 Å². The minimum absolute atomic E-state index is 0.203. The predicted molar refractivity (Wildman–Crippen MR) is 140 cm³/mol. The van der Waals surface area contributed by atoms with Crippen LogP contribution in [0, 0.1) is 0 Å². The minimum atomic E-state index is -3.75. The van der Waals surface area contributed by atoms with Gasteiger partial charge in [0.2, 0.25) is 0 Å². The molecule has 0 aliphatic carbocycles. The Bertz CT molecular complexity index is 1780. The van der Waals surface area contributed by atoms with Crippen LogP contribution in [0.5, 0.6) is 0 Å². The van der Waals surface area contributed by atoms with Gasteiger partial charge in [-0.05, 0) is 60.2 Å². The summed E-state index contributed by atoms with van der Waals surface area (Å²) in [4.78, 5) is 4.83. The van der Waals surface area contributed by atoms with Gasteiger partial charge in [-0.2, -0.15) is 5.10 Å². The number of nitrogens with one attached hydrogen (secondary N) is 1. The van der Waals surface area contributed by atoms with Crippen LogP contribution in [0.3, 0.4) is 0 Å². The van der Waals surface area contributed by atoms with E-state index in [1.165, 1.54) is 0 Å². The molecule has 1 N–H and O–H groups in total. The van der Waals surface area contributed by atoms with Gasteiger partial charge < -0.3 is 4.57 Å². The molecule has 9 heteroatoms. The van der Waals surface area contributed by atoms with E-state index in [-0.39, 0.29) is 4.90 Å². The molecule has 0 aliphatic rings. The standard InChI is InChI=1S/C27H22N6O2S/c1-31-18-21(17-29-31)20-9-10-27-26(13-20)28-19-33(27)24-15-22(14-23(16-24)32-11-5-6-12-32)30-36(34,35)25-7-3-2-4-8-25/h2-19,30H,1H3. The van der Waals surface area contributed by atoms with Crippen molar-refractivity contribution in [2.75, 3.05) is 4.72 Å². The van der Waals surface area contributed by atoms with Crippen molar-refractivity contribution in [1.82, 2.24) is 23.9 Å². The lowest BCUT2D eigenvalue weighted by Gasteiger charge is -2.14. The zero-order chi connectivity index (χ0) is 24.7. The summed E-state index contributed by atoms with van der Waals surface area (Å²) in [6.45, 7) is 0. The van der Waals surface area contributed by atoms with Crippen LogP contribution in [-0.4, -0.2) is 32.3 Å². The fourth-order valence-electron chi connectivity index (χ4n) is 4.23. The van der Waals surface area contributed by atoms with E-state index in [0.717, 1.165) is 33.5 Å². The number of anilines is 1. The summed E-state index contributed by atoms with van der Waals surface area (Å²) in [6, 6.07) is 23.9. The first-order valence-corrected chi connectivity index (χ1v) is 12.8. The van der Waals surface area contributed by atoms with Crippen molar-refractivity contribution in [2.24, 2.45) is 7.05 Å². The lowest BCUT2D eigenvalue weighted by molar-refractivity contribution is 0.601. The molecule has 0 amide bonds. The first-order valence-electron chi connectivity index (χ1n) is 11.3. The molecule has 3 heterocycles. The SMILES string of the molecule is Cn1cc(-c2ccc3c(c2)ncn3-c2cc(NS(=O)(=O)c3ccccc3)cc(-n3cccc3)c2)cn1. The largest absolute Gasteiger partial charge is 0.324 e. The topological polar surface area (TPSA) is 86.7 Å². The number of rotatable bonds is 6. The van der Waals surface area contributed by atoms with Crippen molar-refractivity contribution in [3.8, 4) is 22.5 Å². The number of aromatic nitrogens is 5. The number of hydrogen-bond donors (Lipinski definition) is 1. The second-order valence-corrected chi connectivity index (χ2v) is 10.2. The maximum Gasteiger partial charge on any atom is 0.261 e. The van der Waals surface area contributed by atoms with Gasteiger partial charge in [-0.1, -0.05) is 24.3 Å². The van der Waals surface area contributed by atoms with Gasteiger partial charge in [0, 0.05) is 36.9 Å². The third-order valence-electron chi connectivity index (χ3n) is 5.97. The number of benzene rings is 3. The zero-order valence-corrected chi connectivity index (χ0v) is 20.2. The van der Waals surface area contributed by atoms with E-state index in [4.69, 9.17) is 0 Å². The molecule has 0 saturated carbocycles. The van der Waals surface area contributed by atoms with Crippen LogP contribution in [0.15, 0.2) is 115 Å². The number of fused-ring (bicyclic) bond motifs is 1. The van der Waals surface area contributed by atoms with Gasteiger partial charge in [-0.15, -0.1) is 0 Å². The Morgan fingerprint density at radius 1 is 0.833 bits per heavy atom. The van der Waals surface area contributed by atoms with Gasteiger partial charge in [0.15, 0.2) is 0 Å². The molecule has 0 unspecified atom stereocenters. The predicted octanol–water partition coefficient (Wildman–Crippen LogP) is 5.02. The Kier molecular flexibility index (Phi) is 5.19. The average molecular weight is 495 g/mol. The summed E-state index contributed by atoms with van der Waals surface area (Å²) >= 11 is 0. The molecule has 0 saturated heterocycles. The second-order valence-electron chi connectivity index (χ2n) is 8.47. The number of sulfonamides is 1. The molecular formula is C27H22N6O2S. The molecule has 6 rings (SSSR count). The Labute approximate surface area is 208 Å². The van der Waals surface area contributed by atoms with E-state index in [9.17, 15) is 8.42 Å². The van der Waals surface area contributed by atoms with Crippen LogP contribution in [0.2, 0.25) is 0 Å². The molecule has 0 atom stereocenters. The van der Waals surface area contributed by atoms with E-state index in [1.54, 1.807) is 41.3 Å². The summed E-state index contributed by atoms with van der Waals surface area (Å²) < 4.78 is 34.5. The van der Waals surface area contributed by atoms with Gasteiger partial charge in [0.05, 0.1) is 33.5 Å². The molecule has 0 radical (unpaired) electrons. The van der Waals surface area contributed by atoms with E-state index < -0.39 is 10.0 Å². The number of hydrogen-bond acceptors (Lipinski definition) is 4. The molecule has 8 nitrogen and oxygen atoms in total. The number of nitrogens with zero attached hydrogens (tertiary/aromatic N) is 5. The molecule has 0 fully saturated rings. The van der Waals surface area contributed by atoms with Crippen LogP contribution in [0.1, 0.15) is 0 Å². The summed E-state index contributed by atoms with van der Waals surface area (Å²) in [6.07, 6.45) is 9.37. The maximum absolute atomic E-state index is 13.0. The fraction of sp³-hybridized carbons (Fsp3) is 0.0370. The third-order valence-corrected chi connectivity index (χ3v) is 7.37. The van der Waals surface area contributed by atoms with Gasteiger partial charge in [0.25, 0.3) is 10.0 Å². The van der Waals surface area contributed by atoms with Crippen molar-refractivity contribution in [1.29, 1.82) is 0 Å². The first kappa shape index (κ1) is 21.9. The van der Waals surface area contributed by atoms with Crippen LogP contribution in [0.25, 0.3) is 33.5 Å². The second kappa shape index (κ2) is 8.54. The normalized spacial score (nSPS) is 11.7. The highest BCUT2D eigenvalue weighted by Gasteiger charge is 2.16. The lowest BCUT2D eigenvalue weighted by Crippen LogP contribution is -2.13. The Hall–Kier alpha value is -4.63. The van der Waals surface area contributed by atoms with Gasteiger partial charge >= 0.3 is 0 Å². The summed E-state index contributed by atoms with van der Waals surface area (Å²) in [5.41, 5.74) is 5.83. The highest BCUT2D eigenvalue weighted by molar-refractivity contribution is 7.92. The molecule has 6 aromatic rings. The lowest BCUT2D eigenvalue weighted by atomic mass is 10.1. The molecular weight excluding hydrogens is 472 g/mol. The van der Waals surface area contributed by atoms with Crippen LogP contribution in [-0.2, 0) is 17.1 Å². The highest BCUT2D eigenvalue weighted by atomic mass is 32.2. The summed E-state index contributed by atoms with van der Waals surface area (Å²) in [5.74, 6) is 0. The van der Waals surface area contributed by atoms with Crippen molar-refractivity contribution in [2.45, 2.75) is 4.90 Å². The molecule has 3 aromatic heterocycles. The molecule has 3 aromatic carbocycles. The maximum atomic E-state index is 13.0. The molecule has 0 spiro atoms. The quantitative estimate of drug-likeness (QED) is 0.352. The molecule has 0 bridgehead atoms. The Balaban J connectivity index is 1.45. The zero-order valence-electron chi connectivity index (χ0n) is 19.4. The van der Waals surface area contributed by atoms with E-state index in [0.29, 0.717) is 5.69 Å². The number of aryl methyl sites for hydroxylation is 1. The Morgan fingerprint density at radius 3 is 2.36 bits per heavy atom. The summed E-state index contributed by atoms with van der Waals surface area (Å²) in [7, 11) is -1.87.